The second kappa shape index (κ2) is 7.01. The van der Waals surface area contributed by atoms with Gasteiger partial charge in [-0.25, -0.2) is 0 Å². The molecule has 0 radical (unpaired) electrons. The Hall–Kier alpha value is -1.55. The molecule has 1 aromatic carbocycles. The molecule has 0 amide bonds. The number of rotatable bonds is 6. The predicted octanol–water partition coefficient (Wildman–Crippen LogP) is 2.22. The van der Waals surface area contributed by atoms with Gasteiger partial charge in [0.2, 0.25) is 0 Å². The summed E-state index contributed by atoms with van der Waals surface area (Å²) in [5.41, 5.74) is 2.13. The molecule has 0 fully saturated rings. The number of methoxy groups -OCH3 is 1. The van der Waals surface area contributed by atoms with Crippen molar-refractivity contribution in [1.29, 1.82) is 0 Å². The van der Waals surface area contributed by atoms with Crippen LogP contribution in [0.2, 0.25) is 0 Å². The van der Waals surface area contributed by atoms with Gasteiger partial charge in [0.25, 0.3) is 0 Å². The van der Waals surface area contributed by atoms with E-state index in [1.165, 1.54) is 7.11 Å². The molecule has 1 unspecified atom stereocenters. The van der Waals surface area contributed by atoms with E-state index in [4.69, 9.17) is 9.47 Å². The zero-order valence-corrected chi connectivity index (χ0v) is 11.4. The third-order valence-electron chi connectivity index (χ3n) is 2.85. The number of esters is 1. The molecular weight excluding hydrogens is 230 g/mol. The number of ether oxygens (including phenoxy) is 2. The van der Waals surface area contributed by atoms with E-state index in [1.54, 1.807) is 0 Å². The van der Waals surface area contributed by atoms with Crippen LogP contribution in [0, 0.1) is 6.92 Å². The highest BCUT2D eigenvalue weighted by atomic mass is 16.5. The number of carbonyl (C=O) groups is 1. The van der Waals surface area contributed by atoms with Gasteiger partial charge in [0.15, 0.2) is 0 Å². The molecule has 0 spiro atoms. The number of nitrogens with one attached hydrogen (secondary N) is 1. The molecule has 0 aliphatic rings. The van der Waals surface area contributed by atoms with Gasteiger partial charge >= 0.3 is 5.97 Å². The molecule has 0 bridgehead atoms. The molecule has 1 rings (SSSR count). The van der Waals surface area contributed by atoms with Crippen molar-refractivity contribution in [1.82, 2.24) is 5.32 Å². The minimum atomic E-state index is -0.221. The fourth-order valence-corrected chi connectivity index (χ4v) is 1.84. The van der Waals surface area contributed by atoms with Gasteiger partial charge in [0.05, 0.1) is 20.1 Å². The van der Waals surface area contributed by atoms with Gasteiger partial charge in [-0.15, -0.1) is 0 Å². The van der Waals surface area contributed by atoms with Crippen LogP contribution in [0.15, 0.2) is 18.2 Å². The molecule has 0 heterocycles. The van der Waals surface area contributed by atoms with Gasteiger partial charge in [0, 0.05) is 6.04 Å². The van der Waals surface area contributed by atoms with Crippen molar-refractivity contribution in [3.05, 3.63) is 29.3 Å². The van der Waals surface area contributed by atoms with E-state index >= 15 is 0 Å². The number of hydrogen-bond acceptors (Lipinski definition) is 4. The van der Waals surface area contributed by atoms with E-state index in [0.717, 1.165) is 16.9 Å². The molecule has 0 aliphatic carbocycles. The van der Waals surface area contributed by atoms with Gasteiger partial charge in [-0.3, -0.25) is 4.79 Å². The first-order valence-corrected chi connectivity index (χ1v) is 6.09. The highest BCUT2D eigenvalue weighted by Crippen LogP contribution is 2.24. The number of aryl methyl sites for hydroxylation is 1. The molecular formula is C14H21NO3. The standard InChI is InChI=1S/C14H21NO3/c1-5-18-13-7-6-11(8-10(13)2)12(15-3)9-14(16)17-4/h6-8,12,15H,5,9H2,1-4H3. The van der Waals surface area contributed by atoms with Crippen molar-refractivity contribution in [2.75, 3.05) is 20.8 Å². The predicted molar refractivity (Wildman–Crippen MR) is 70.8 cm³/mol. The van der Waals surface area contributed by atoms with Crippen molar-refractivity contribution >= 4 is 5.97 Å². The van der Waals surface area contributed by atoms with Gasteiger partial charge in [-0.05, 0) is 38.1 Å². The lowest BCUT2D eigenvalue weighted by atomic mass is 10.0. The Labute approximate surface area is 108 Å². The second-order valence-electron chi connectivity index (χ2n) is 4.08. The van der Waals surface area contributed by atoms with Crippen LogP contribution in [0.3, 0.4) is 0 Å². The zero-order chi connectivity index (χ0) is 13.5. The Kier molecular flexibility index (Phi) is 5.65. The van der Waals surface area contributed by atoms with E-state index in [9.17, 15) is 4.79 Å². The average Bonchev–Trinajstić information content (AvgIpc) is 2.38. The summed E-state index contributed by atoms with van der Waals surface area (Å²) < 4.78 is 10.2. The molecule has 4 nitrogen and oxygen atoms in total. The van der Waals surface area contributed by atoms with Crippen molar-refractivity contribution in [2.24, 2.45) is 0 Å². The van der Waals surface area contributed by atoms with Crippen molar-refractivity contribution < 1.29 is 14.3 Å². The second-order valence-corrected chi connectivity index (χ2v) is 4.08. The fourth-order valence-electron chi connectivity index (χ4n) is 1.84. The maximum Gasteiger partial charge on any atom is 0.307 e. The number of hydrogen-bond donors (Lipinski definition) is 1. The maximum atomic E-state index is 11.3. The first-order chi connectivity index (χ1) is 8.62. The molecule has 0 aliphatic heterocycles. The van der Waals surface area contributed by atoms with Gasteiger partial charge in [0.1, 0.15) is 5.75 Å². The first kappa shape index (κ1) is 14.5. The van der Waals surface area contributed by atoms with Crippen LogP contribution in [0.4, 0.5) is 0 Å². The Morgan fingerprint density at radius 2 is 2.17 bits per heavy atom. The fraction of sp³-hybridized carbons (Fsp3) is 0.500. The van der Waals surface area contributed by atoms with Crippen LogP contribution in [0.1, 0.15) is 30.5 Å². The molecule has 1 atom stereocenters. The van der Waals surface area contributed by atoms with E-state index in [-0.39, 0.29) is 12.0 Å². The van der Waals surface area contributed by atoms with Gasteiger partial charge in [-0.2, -0.15) is 0 Å². The highest BCUT2D eigenvalue weighted by Gasteiger charge is 2.15. The Balaban J connectivity index is 2.86. The molecule has 0 aromatic heterocycles. The smallest absolute Gasteiger partial charge is 0.307 e. The minimum absolute atomic E-state index is 0.0353. The van der Waals surface area contributed by atoms with Crippen LogP contribution in [0.5, 0.6) is 5.75 Å². The van der Waals surface area contributed by atoms with Crippen LogP contribution in [-0.2, 0) is 9.53 Å². The van der Waals surface area contributed by atoms with Crippen LogP contribution in [0.25, 0.3) is 0 Å². The topological polar surface area (TPSA) is 47.6 Å². The zero-order valence-electron chi connectivity index (χ0n) is 11.4. The summed E-state index contributed by atoms with van der Waals surface area (Å²) in [6.45, 7) is 4.61. The van der Waals surface area contributed by atoms with E-state index in [1.807, 2.05) is 39.1 Å². The van der Waals surface area contributed by atoms with E-state index in [2.05, 4.69) is 5.32 Å². The molecule has 0 saturated heterocycles. The summed E-state index contributed by atoms with van der Waals surface area (Å²) in [5.74, 6) is 0.662. The normalized spacial score (nSPS) is 12.0. The Bertz CT molecular complexity index is 404. The van der Waals surface area contributed by atoms with E-state index in [0.29, 0.717) is 13.0 Å². The maximum absolute atomic E-state index is 11.3. The number of carbonyl (C=O) groups excluding carboxylic acids is 1. The average molecular weight is 251 g/mol. The van der Waals surface area contributed by atoms with Gasteiger partial charge < -0.3 is 14.8 Å². The third kappa shape index (κ3) is 3.74. The Morgan fingerprint density at radius 1 is 1.44 bits per heavy atom. The summed E-state index contributed by atoms with van der Waals surface area (Å²) in [4.78, 5) is 11.3. The summed E-state index contributed by atoms with van der Waals surface area (Å²) in [6, 6.07) is 5.92. The van der Waals surface area contributed by atoms with Crippen molar-refractivity contribution in [3.8, 4) is 5.75 Å². The highest BCUT2D eigenvalue weighted by molar-refractivity contribution is 5.70. The van der Waals surface area contributed by atoms with Crippen molar-refractivity contribution in [3.63, 3.8) is 0 Å². The molecule has 100 valence electrons. The summed E-state index contributed by atoms with van der Waals surface area (Å²) in [7, 11) is 3.23. The first-order valence-electron chi connectivity index (χ1n) is 6.09. The Morgan fingerprint density at radius 3 is 2.67 bits per heavy atom. The van der Waals surface area contributed by atoms with E-state index < -0.39 is 0 Å². The molecule has 0 saturated carbocycles. The lowest BCUT2D eigenvalue weighted by Gasteiger charge is -2.17. The molecule has 18 heavy (non-hydrogen) atoms. The largest absolute Gasteiger partial charge is 0.494 e. The minimum Gasteiger partial charge on any atom is -0.494 e. The molecule has 4 heteroatoms. The summed E-state index contributed by atoms with van der Waals surface area (Å²) in [5, 5.41) is 3.12. The SMILES string of the molecule is CCOc1ccc(C(CC(=O)OC)NC)cc1C. The number of benzene rings is 1. The molecule has 1 aromatic rings. The lowest BCUT2D eigenvalue weighted by Crippen LogP contribution is -2.20. The summed E-state index contributed by atoms with van der Waals surface area (Å²) >= 11 is 0. The van der Waals surface area contributed by atoms with Crippen LogP contribution < -0.4 is 10.1 Å². The monoisotopic (exact) mass is 251 g/mol. The van der Waals surface area contributed by atoms with Crippen LogP contribution >= 0.6 is 0 Å². The van der Waals surface area contributed by atoms with Gasteiger partial charge in [-0.1, -0.05) is 12.1 Å². The lowest BCUT2D eigenvalue weighted by molar-refractivity contribution is -0.141. The van der Waals surface area contributed by atoms with Crippen molar-refractivity contribution in [2.45, 2.75) is 26.3 Å². The summed E-state index contributed by atoms with van der Waals surface area (Å²) in [6.07, 6.45) is 0.320. The quantitative estimate of drug-likeness (QED) is 0.787. The van der Waals surface area contributed by atoms with Crippen LogP contribution in [-0.4, -0.2) is 26.7 Å². The third-order valence-corrected chi connectivity index (χ3v) is 2.85. The molecule has 1 N–H and O–H groups in total.